The molecule has 0 atom stereocenters. The molecule has 0 saturated carbocycles. The van der Waals surface area contributed by atoms with Gasteiger partial charge in [0.1, 0.15) is 0 Å². The van der Waals surface area contributed by atoms with Gasteiger partial charge >= 0.3 is 0 Å². The number of aryl methyl sites for hydroxylation is 2. The number of aromatic nitrogens is 5. The molecule has 3 aromatic heterocycles. The van der Waals surface area contributed by atoms with Gasteiger partial charge < -0.3 is 0 Å². The number of benzene rings is 23. The van der Waals surface area contributed by atoms with E-state index in [0.29, 0.717) is 5.82 Å². The van der Waals surface area contributed by atoms with Crippen LogP contribution in [0.5, 0.6) is 0 Å². The lowest BCUT2D eigenvalue weighted by atomic mass is 9.81. The maximum atomic E-state index is 5.10. The van der Waals surface area contributed by atoms with Crippen molar-refractivity contribution in [3.63, 3.8) is 0 Å². The van der Waals surface area contributed by atoms with Gasteiger partial charge in [-0.2, -0.15) is 0 Å². The molecule has 0 saturated heterocycles. The highest BCUT2D eigenvalue weighted by Crippen LogP contribution is 2.52. The standard InChI is InChI=1S/C54H40N2.C44H36N2.C43H33N/c1-54(2,3)44-31-42-27-29-45-47(37-21-19-36(20-22-37)35-13-7-4-8-14-35)33-48(46-30-28-43(32-44)51(42)52(45)46)38-23-25-41(26-24-38)53-55-49(39-15-9-5-10-16-39)34-50(56-53)40-17-11-6-12-18-40;1-27-23-28(2)46-43(45-27)33-17-15-32(16-18-33)40-26-39(31-13-11-30(12-14-31)29-9-7-6-8-10-29)37-21-19-34-24-36(44(3,4)5)25-35-20-22-38(40)42(37)41(34)35;1-43(2,3)33-25-31-20-22-36-38(30-18-16-29(17-19-30)28-11-5-4-6-12-28)27-39(37-23-21-32(26-33)41(31)42(36)37)34-13-7-8-14-35(34)40-15-9-10-24-44-40/h4-34H,1-3H3;6-26H,1-5H3;4-27H,1-3H3. The summed E-state index contributed by atoms with van der Waals surface area (Å²) in [5, 5.41) is 23.4. The second kappa shape index (κ2) is 37.1. The summed E-state index contributed by atoms with van der Waals surface area (Å²) in [4.78, 5) is 24.4. The molecule has 0 amide bonds. The molecule has 0 bridgehead atoms. The molecule has 26 rings (SSSR count). The van der Waals surface area contributed by atoms with Gasteiger partial charge in [0.2, 0.25) is 0 Å². The van der Waals surface area contributed by atoms with Gasteiger partial charge in [-0.05, 0) is 286 Å². The first kappa shape index (κ1) is 91.0. The average molecular weight is 1870 g/mol. The Hall–Kier alpha value is -17.5. The largest absolute Gasteiger partial charge is 0.256 e. The number of hydrogen-bond donors (Lipinski definition) is 0. The Kier molecular flexibility index (Phi) is 23.1. The molecule has 0 N–H and O–H groups in total. The van der Waals surface area contributed by atoms with E-state index >= 15 is 0 Å². The van der Waals surface area contributed by atoms with Crippen molar-refractivity contribution >= 4 is 97.0 Å². The fourth-order valence-corrected chi connectivity index (χ4v) is 21.9. The van der Waals surface area contributed by atoms with Crippen molar-refractivity contribution in [2.75, 3.05) is 0 Å². The Morgan fingerprint density at radius 1 is 0.158 bits per heavy atom. The number of nitrogens with zero attached hydrogens (tertiary/aromatic N) is 5. The Balaban J connectivity index is 0.000000118. The molecule has 0 unspecified atom stereocenters. The van der Waals surface area contributed by atoms with Crippen molar-refractivity contribution in [1.82, 2.24) is 24.9 Å². The second-order valence-electron chi connectivity index (χ2n) is 42.3. The summed E-state index contributed by atoms with van der Waals surface area (Å²) < 4.78 is 0. The van der Waals surface area contributed by atoms with E-state index in [1.807, 2.05) is 44.3 Å². The second-order valence-corrected chi connectivity index (χ2v) is 42.3. The fourth-order valence-electron chi connectivity index (χ4n) is 21.9. The fraction of sp³-hybridized carbons (Fsp3) is 0.0993. The number of pyridine rings is 1. The predicted octanol–water partition coefficient (Wildman–Crippen LogP) is 38.6. The molecule has 146 heavy (non-hydrogen) atoms. The summed E-state index contributed by atoms with van der Waals surface area (Å²) in [6.07, 6.45) is 1.88. The quantitative estimate of drug-likeness (QED) is 0.102. The van der Waals surface area contributed by atoms with Crippen LogP contribution in [0.25, 0.3) is 254 Å². The average Bonchev–Trinajstić information content (AvgIpc) is 0.716. The van der Waals surface area contributed by atoms with Gasteiger partial charge in [0.05, 0.1) is 17.1 Å². The van der Waals surface area contributed by atoms with Crippen LogP contribution < -0.4 is 0 Å². The molecule has 0 aliphatic rings. The van der Waals surface area contributed by atoms with Gasteiger partial charge in [-0.3, -0.25) is 4.98 Å². The van der Waals surface area contributed by atoms with Gasteiger partial charge in [0.15, 0.2) is 11.6 Å². The van der Waals surface area contributed by atoms with Crippen LogP contribution in [0.1, 0.15) is 90.4 Å². The lowest BCUT2D eigenvalue weighted by molar-refractivity contribution is 0.591. The van der Waals surface area contributed by atoms with E-state index < -0.39 is 0 Å². The molecular formula is C141H109N5. The number of hydrogen-bond acceptors (Lipinski definition) is 5. The smallest absolute Gasteiger partial charge is 0.160 e. The summed E-state index contributed by atoms with van der Waals surface area (Å²) in [5.74, 6) is 1.48. The van der Waals surface area contributed by atoms with Gasteiger partial charge in [-0.25, -0.2) is 19.9 Å². The third-order valence-corrected chi connectivity index (χ3v) is 29.6. The molecule has 0 fully saturated rings. The zero-order valence-electron chi connectivity index (χ0n) is 84.1. The highest BCUT2D eigenvalue weighted by Gasteiger charge is 2.28. The monoisotopic (exact) mass is 1870 g/mol. The van der Waals surface area contributed by atoms with E-state index in [4.69, 9.17) is 24.9 Å². The van der Waals surface area contributed by atoms with Crippen molar-refractivity contribution in [1.29, 1.82) is 0 Å². The molecule has 0 aliphatic heterocycles. The molecule has 0 spiro atoms. The maximum absolute atomic E-state index is 5.10. The van der Waals surface area contributed by atoms with Crippen molar-refractivity contribution < 1.29 is 0 Å². The molecule has 5 nitrogen and oxygen atoms in total. The van der Waals surface area contributed by atoms with Crippen LogP contribution in [0.2, 0.25) is 0 Å². The van der Waals surface area contributed by atoms with Crippen LogP contribution in [0, 0.1) is 13.8 Å². The van der Waals surface area contributed by atoms with Gasteiger partial charge in [-0.15, -0.1) is 0 Å². The summed E-state index contributed by atoms with van der Waals surface area (Å²) >= 11 is 0. The Bertz CT molecular complexity index is 9240. The summed E-state index contributed by atoms with van der Waals surface area (Å²) in [6, 6.07) is 166. The maximum Gasteiger partial charge on any atom is 0.160 e. The van der Waals surface area contributed by atoms with Crippen molar-refractivity contribution in [2.24, 2.45) is 0 Å². The summed E-state index contributed by atoms with van der Waals surface area (Å²) in [6.45, 7) is 24.7. The van der Waals surface area contributed by atoms with Gasteiger partial charge in [0.25, 0.3) is 0 Å². The van der Waals surface area contributed by atoms with Crippen LogP contribution >= 0.6 is 0 Å². The molecule has 0 radical (unpaired) electrons. The zero-order chi connectivity index (χ0) is 99.2. The lowest BCUT2D eigenvalue weighted by Crippen LogP contribution is -2.10. The first-order valence-corrected chi connectivity index (χ1v) is 50.9. The van der Waals surface area contributed by atoms with E-state index in [1.54, 1.807) is 0 Å². The zero-order valence-corrected chi connectivity index (χ0v) is 84.1. The minimum atomic E-state index is 0.0508. The molecule has 26 aromatic rings. The lowest BCUT2D eigenvalue weighted by Gasteiger charge is -2.23. The topological polar surface area (TPSA) is 64.5 Å². The van der Waals surface area contributed by atoms with Gasteiger partial charge in [-0.1, -0.05) is 475 Å². The first-order valence-electron chi connectivity index (χ1n) is 50.9. The normalized spacial score (nSPS) is 11.9. The molecule has 0 aliphatic carbocycles. The highest BCUT2D eigenvalue weighted by atomic mass is 14.9. The van der Waals surface area contributed by atoms with Crippen LogP contribution in [0.15, 0.2) is 461 Å². The van der Waals surface area contributed by atoms with E-state index in [2.05, 4.69) is 493 Å². The highest BCUT2D eigenvalue weighted by molar-refractivity contribution is 6.32. The molecule has 23 aromatic carbocycles. The third-order valence-electron chi connectivity index (χ3n) is 29.6. The van der Waals surface area contributed by atoms with Crippen LogP contribution in [0.3, 0.4) is 0 Å². The minimum absolute atomic E-state index is 0.0508. The third kappa shape index (κ3) is 17.3. The Labute approximate surface area is 854 Å². The minimum Gasteiger partial charge on any atom is -0.256 e. The van der Waals surface area contributed by atoms with E-state index in [0.717, 1.165) is 67.7 Å². The molecule has 698 valence electrons. The first-order chi connectivity index (χ1) is 71.0. The van der Waals surface area contributed by atoms with Crippen LogP contribution in [-0.2, 0) is 16.2 Å². The van der Waals surface area contributed by atoms with Crippen molar-refractivity contribution in [2.45, 2.75) is 92.4 Å². The molecule has 5 heteroatoms. The SMILES string of the molecule is CC(C)(C)c1cc2ccc3c(-c4ccc(-c5ccccc5)cc4)cc(-c4ccc(-c5nc(-c6ccccc6)cc(-c6ccccc6)n5)cc4)c4ccc(c1)c2c34.CC(C)(C)c1cc2ccc3c(-c4ccc(-c5ccccc5)cc4)cc(-c4ccccc4-c4ccccn4)c4ccc(c1)c2c34.Cc1cc(C)nc(-c2ccc(-c3cc(-c4ccc(-c5ccccc5)cc4)c4ccc5cc(C(C)(C)C)cc6ccc3c4c56)cc2)n1. The van der Waals surface area contributed by atoms with Crippen molar-refractivity contribution in [3.8, 4) is 157 Å². The summed E-state index contributed by atoms with van der Waals surface area (Å²) in [7, 11) is 0. The molecular weight excluding hydrogens is 1760 g/mol. The molecule has 3 heterocycles. The van der Waals surface area contributed by atoms with E-state index in [9.17, 15) is 0 Å². The van der Waals surface area contributed by atoms with Gasteiger partial charge in [0, 0.05) is 45.4 Å². The Morgan fingerprint density at radius 3 is 0.685 bits per heavy atom. The van der Waals surface area contributed by atoms with Crippen LogP contribution in [-0.4, -0.2) is 24.9 Å². The van der Waals surface area contributed by atoms with Crippen molar-refractivity contribution in [3.05, 3.63) is 489 Å². The Morgan fingerprint density at radius 2 is 0.397 bits per heavy atom. The summed E-state index contributed by atoms with van der Waals surface area (Å²) in [5.41, 5.74) is 36.2. The van der Waals surface area contributed by atoms with E-state index in [-0.39, 0.29) is 16.2 Å². The number of rotatable bonds is 14. The van der Waals surface area contributed by atoms with E-state index in [1.165, 1.54) is 208 Å². The van der Waals surface area contributed by atoms with Crippen LogP contribution in [0.4, 0.5) is 0 Å². The predicted molar refractivity (Wildman–Crippen MR) is 621 cm³/mol.